The highest BCUT2D eigenvalue weighted by Gasteiger charge is 2.15. The van der Waals surface area contributed by atoms with E-state index in [-0.39, 0.29) is 10.7 Å². The zero-order valence-corrected chi connectivity index (χ0v) is 15.9. The Hall–Kier alpha value is -2.57. The van der Waals surface area contributed by atoms with Gasteiger partial charge in [-0.3, -0.25) is 4.72 Å². The predicted molar refractivity (Wildman–Crippen MR) is 106 cm³/mol. The van der Waals surface area contributed by atoms with Gasteiger partial charge >= 0.3 is 0 Å². The van der Waals surface area contributed by atoms with Crippen LogP contribution in [0.25, 0.3) is 0 Å². The number of aromatic nitrogens is 1. The van der Waals surface area contributed by atoms with Crippen LogP contribution < -0.4 is 10.0 Å². The van der Waals surface area contributed by atoms with E-state index in [1.165, 1.54) is 23.3 Å². The second-order valence-electron chi connectivity index (χ2n) is 5.92. The molecule has 0 saturated carbocycles. The van der Waals surface area contributed by atoms with Crippen LogP contribution in [-0.2, 0) is 10.0 Å². The highest BCUT2D eigenvalue weighted by molar-refractivity contribution is 7.92. The number of anilines is 3. The molecule has 0 unspecified atom stereocenters. The first-order valence-corrected chi connectivity index (χ1v) is 9.78. The molecule has 2 aromatic carbocycles. The van der Waals surface area contributed by atoms with Gasteiger partial charge in [0.1, 0.15) is 5.82 Å². The van der Waals surface area contributed by atoms with Gasteiger partial charge in [-0.1, -0.05) is 23.7 Å². The molecule has 7 heteroatoms. The van der Waals surface area contributed by atoms with Crippen molar-refractivity contribution in [1.82, 2.24) is 4.98 Å². The van der Waals surface area contributed by atoms with Crippen LogP contribution in [0.4, 0.5) is 17.2 Å². The van der Waals surface area contributed by atoms with Gasteiger partial charge in [0.15, 0.2) is 0 Å². The number of nitrogens with one attached hydrogen (secondary N) is 2. The first kappa shape index (κ1) is 18.2. The van der Waals surface area contributed by atoms with Gasteiger partial charge in [-0.15, -0.1) is 0 Å². The number of nitrogens with zero attached hydrogens (tertiary/aromatic N) is 1. The van der Waals surface area contributed by atoms with Crippen molar-refractivity contribution >= 4 is 38.8 Å². The maximum atomic E-state index is 12.4. The van der Waals surface area contributed by atoms with Gasteiger partial charge in [0, 0.05) is 10.7 Å². The van der Waals surface area contributed by atoms with Crippen molar-refractivity contribution in [2.45, 2.75) is 18.7 Å². The Bertz CT molecular complexity index is 1030. The normalized spacial score (nSPS) is 11.2. The summed E-state index contributed by atoms with van der Waals surface area (Å²) in [6, 6.07) is 15.5. The highest BCUT2D eigenvalue weighted by atomic mass is 35.5. The molecule has 1 aromatic heterocycles. The molecule has 5 nitrogen and oxygen atoms in total. The lowest BCUT2D eigenvalue weighted by molar-refractivity contribution is 0.601. The summed E-state index contributed by atoms with van der Waals surface area (Å²) in [5, 5.41) is 3.60. The summed E-state index contributed by atoms with van der Waals surface area (Å²) in [6.07, 6.45) is 1.57. The molecule has 2 N–H and O–H groups in total. The van der Waals surface area contributed by atoms with Crippen LogP contribution in [0.15, 0.2) is 65.7 Å². The molecule has 0 radical (unpaired) electrons. The number of hydrogen-bond acceptors (Lipinski definition) is 4. The monoisotopic (exact) mass is 387 g/mol. The first-order chi connectivity index (χ1) is 12.3. The second kappa shape index (κ2) is 7.35. The molecule has 0 aliphatic carbocycles. The Morgan fingerprint density at radius 1 is 0.923 bits per heavy atom. The fourth-order valence-electron chi connectivity index (χ4n) is 2.34. The summed E-state index contributed by atoms with van der Waals surface area (Å²) >= 11 is 5.86. The number of aryl methyl sites for hydroxylation is 2. The van der Waals surface area contributed by atoms with Gasteiger partial charge in [-0.05, 0) is 67.4 Å². The largest absolute Gasteiger partial charge is 0.354 e. The summed E-state index contributed by atoms with van der Waals surface area (Å²) in [6.45, 7) is 4.11. The molecule has 0 aliphatic heterocycles. The third-order valence-corrected chi connectivity index (χ3v) is 5.49. The van der Waals surface area contributed by atoms with E-state index in [0.717, 1.165) is 11.4 Å². The van der Waals surface area contributed by atoms with E-state index in [1.807, 2.05) is 25.1 Å². The SMILES string of the molecule is Cc1ccc(Nc2ccc(NS(=O)(=O)c3cccc(Cl)c3)nc2)cc1C. The average Bonchev–Trinajstić information content (AvgIpc) is 2.60. The van der Waals surface area contributed by atoms with Crippen LogP contribution >= 0.6 is 11.6 Å². The average molecular weight is 388 g/mol. The van der Waals surface area contributed by atoms with Crippen molar-refractivity contribution in [3.8, 4) is 0 Å². The quantitative estimate of drug-likeness (QED) is 0.653. The maximum absolute atomic E-state index is 12.4. The molecule has 3 rings (SSSR count). The molecule has 0 aliphatic rings. The van der Waals surface area contributed by atoms with Gasteiger partial charge in [0.25, 0.3) is 10.0 Å². The molecule has 0 saturated heterocycles. The van der Waals surface area contributed by atoms with Gasteiger partial charge < -0.3 is 5.32 Å². The van der Waals surface area contributed by atoms with Crippen molar-refractivity contribution in [3.63, 3.8) is 0 Å². The predicted octanol–water partition coefficient (Wildman–Crippen LogP) is 4.90. The van der Waals surface area contributed by atoms with Crippen molar-refractivity contribution in [1.29, 1.82) is 0 Å². The minimum atomic E-state index is -3.74. The third-order valence-electron chi connectivity index (χ3n) is 3.90. The van der Waals surface area contributed by atoms with Gasteiger partial charge in [-0.2, -0.15) is 0 Å². The number of sulfonamides is 1. The van der Waals surface area contributed by atoms with Crippen molar-refractivity contribution in [2.75, 3.05) is 10.0 Å². The number of pyridine rings is 1. The topological polar surface area (TPSA) is 71.1 Å². The summed E-state index contributed by atoms with van der Waals surface area (Å²) < 4.78 is 27.2. The Kier molecular flexibility index (Phi) is 5.15. The molecule has 134 valence electrons. The fourth-order valence-corrected chi connectivity index (χ4v) is 3.65. The van der Waals surface area contributed by atoms with Crippen molar-refractivity contribution in [2.24, 2.45) is 0 Å². The molecule has 26 heavy (non-hydrogen) atoms. The fraction of sp³-hybridized carbons (Fsp3) is 0.105. The first-order valence-electron chi connectivity index (χ1n) is 7.92. The van der Waals surface area contributed by atoms with Crippen molar-refractivity contribution in [3.05, 3.63) is 76.9 Å². The van der Waals surface area contributed by atoms with E-state index in [9.17, 15) is 8.42 Å². The van der Waals surface area contributed by atoms with E-state index < -0.39 is 10.0 Å². The van der Waals surface area contributed by atoms with E-state index in [0.29, 0.717) is 5.02 Å². The number of halogens is 1. The molecular weight excluding hydrogens is 370 g/mol. The Morgan fingerprint density at radius 2 is 1.69 bits per heavy atom. The maximum Gasteiger partial charge on any atom is 0.263 e. The molecule has 0 bridgehead atoms. The summed E-state index contributed by atoms with van der Waals surface area (Å²) in [7, 11) is -3.74. The third kappa shape index (κ3) is 4.33. The lowest BCUT2D eigenvalue weighted by Gasteiger charge is -2.10. The summed E-state index contributed by atoms with van der Waals surface area (Å²) in [5.41, 5.74) is 4.12. The molecule has 0 amide bonds. The number of rotatable bonds is 5. The molecule has 1 heterocycles. The Morgan fingerprint density at radius 3 is 2.35 bits per heavy atom. The van der Waals surface area contributed by atoms with Gasteiger partial charge in [0.2, 0.25) is 0 Å². The van der Waals surface area contributed by atoms with E-state index in [4.69, 9.17) is 11.6 Å². The van der Waals surface area contributed by atoms with E-state index >= 15 is 0 Å². The number of hydrogen-bond donors (Lipinski definition) is 2. The van der Waals surface area contributed by atoms with E-state index in [1.54, 1.807) is 30.5 Å². The molecule has 0 fully saturated rings. The summed E-state index contributed by atoms with van der Waals surface area (Å²) in [5.74, 6) is 0.232. The molecule has 0 spiro atoms. The van der Waals surface area contributed by atoms with Crippen LogP contribution in [0, 0.1) is 13.8 Å². The molecule has 0 atom stereocenters. The lowest BCUT2D eigenvalue weighted by Crippen LogP contribution is -2.13. The van der Waals surface area contributed by atoms with Crippen LogP contribution in [0.3, 0.4) is 0 Å². The van der Waals surface area contributed by atoms with Crippen LogP contribution in [0.2, 0.25) is 5.02 Å². The second-order valence-corrected chi connectivity index (χ2v) is 8.04. The van der Waals surface area contributed by atoms with E-state index in [2.05, 4.69) is 21.9 Å². The molecular formula is C19H18ClN3O2S. The van der Waals surface area contributed by atoms with Crippen LogP contribution in [0.5, 0.6) is 0 Å². The molecule has 3 aromatic rings. The summed E-state index contributed by atoms with van der Waals surface area (Å²) in [4.78, 5) is 4.25. The van der Waals surface area contributed by atoms with Gasteiger partial charge in [0.05, 0.1) is 16.8 Å². The smallest absolute Gasteiger partial charge is 0.263 e. The van der Waals surface area contributed by atoms with Crippen molar-refractivity contribution < 1.29 is 8.42 Å². The number of benzene rings is 2. The Balaban J connectivity index is 1.74. The van der Waals surface area contributed by atoms with Crippen LogP contribution in [-0.4, -0.2) is 13.4 Å². The van der Waals surface area contributed by atoms with Crippen LogP contribution in [0.1, 0.15) is 11.1 Å². The zero-order chi connectivity index (χ0) is 18.7. The zero-order valence-electron chi connectivity index (χ0n) is 14.3. The minimum Gasteiger partial charge on any atom is -0.354 e. The highest BCUT2D eigenvalue weighted by Crippen LogP contribution is 2.22. The standard InChI is InChI=1S/C19H18ClN3O2S/c1-13-6-7-16(10-14(13)2)22-17-8-9-19(21-12-17)23-26(24,25)18-5-3-4-15(20)11-18/h3-12,22H,1-2H3,(H,21,23). The lowest BCUT2D eigenvalue weighted by atomic mass is 10.1. The van der Waals surface area contributed by atoms with Gasteiger partial charge in [-0.25, -0.2) is 13.4 Å². The minimum absolute atomic E-state index is 0.0872. The Labute approximate surface area is 158 Å².